The molecular formula is C14H26N2O. The van der Waals surface area contributed by atoms with Gasteiger partial charge in [-0.2, -0.15) is 0 Å². The number of hydrogen-bond donors (Lipinski definition) is 0. The van der Waals surface area contributed by atoms with Crippen molar-refractivity contribution in [3.8, 4) is 0 Å². The number of carbonyl (C=O) groups is 1. The van der Waals surface area contributed by atoms with Gasteiger partial charge in [0.05, 0.1) is 0 Å². The van der Waals surface area contributed by atoms with Crippen molar-refractivity contribution < 1.29 is 4.79 Å². The zero-order valence-corrected chi connectivity index (χ0v) is 11.3. The molecular weight excluding hydrogens is 212 g/mol. The zero-order chi connectivity index (χ0) is 12.3. The highest BCUT2D eigenvalue weighted by Gasteiger charge is 2.32. The summed E-state index contributed by atoms with van der Waals surface area (Å²) in [7, 11) is 0. The molecule has 0 bridgehead atoms. The largest absolute Gasteiger partial charge is 0.303 e. The van der Waals surface area contributed by atoms with E-state index in [0.717, 1.165) is 25.3 Å². The number of carbonyl (C=O) groups excluding carboxylic acids is 1. The molecule has 0 spiro atoms. The average Bonchev–Trinajstić information content (AvgIpc) is 2.98. The fraction of sp³-hybridized carbons (Fsp3) is 0.929. The number of rotatable bonds is 5. The van der Waals surface area contributed by atoms with Crippen molar-refractivity contribution in [1.29, 1.82) is 0 Å². The molecule has 2 heterocycles. The third kappa shape index (κ3) is 3.08. The fourth-order valence-corrected chi connectivity index (χ4v) is 3.10. The zero-order valence-electron chi connectivity index (χ0n) is 11.3. The lowest BCUT2D eigenvalue weighted by molar-refractivity contribution is -0.116. The Morgan fingerprint density at radius 1 is 1.29 bits per heavy atom. The molecule has 0 aromatic carbocycles. The third-order valence-corrected chi connectivity index (χ3v) is 4.58. The normalized spacial score (nSPS) is 30.6. The van der Waals surface area contributed by atoms with E-state index >= 15 is 0 Å². The van der Waals surface area contributed by atoms with Gasteiger partial charge in [-0.05, 0) is 45.3 Å². The number of hydrogen-bond acceptors (Lipinski definition) is 3. The monoisotopic (exact) mass is 238 g/mol. The van der Waals surface area contributed by atoms with Crippen LogP contribution in [-0.2, 0) is 4.79 Å². The predicted octanol–water partition coefficient (Wildman–Crippen LogP) is 1.77. The van der Waals surface area contributed by atoms with E-state index in [1.807, 2.05) is 0 Å². The van der Waals surface area contributed by atoms with E-state index in [1.54, 1.807) is 0 Å². The maximum atomic E-state index is 11.1. The Hall–Kier alpha value is -0.410. The van der Waals surface area contributed by atoms with E-state index in [0.29, 0.717) is 0 Å². The SMILES string of the molecule is CCC(C)(C=O)CN1CCC(N2CCCC2)C1. The van der Waals surface area contributed by atoms with Crippen LogP contribution in [-0.4, -0.2) is 54.9 Å². The maximum absolute atomic E-state index is 11.1. The molecule has 3 nitrogen and oxygen atoms in total. The van der Waals surface area contributed by atoms with Crippen molar-refractivity contribution >= 4 is 6.29 Å². The second-order valence-corrected chi connectivity index (χ2v) is 6.05. The van der Waals surface area contributed by atoms with Gasteiger partial charge in [-0.25, -0.2) is 0 Å². The lowest BCUT2D eigenvalue weighted by Gasteiger charge is -2.29. The fourth-order valence-electron chi connectivity index (χ4n) is 3.10. The summed E-state index contributed by atoms with van der Waals surface area (Å²) in [5.41, 5.74) is -0.139. The molecule has 0 radical (unpaired) electrons. The van der Waals surface area contributed by atoms with Crippen molar-refractivity contribution in [2.24, 2.45) is 5.41 Å². The van der Waals surface area contributed by atoms with E-state index in [1.165, 1.54) is 45.4 Å². The van der Waals surface area contributed by atoms with Gasteiger partial charge in [0.15, 0.2) is 0 Å². The summed E-state index contributed by atoms with van der Waals surface area (Å²) in [6, 6.07) is 0.755. The van der Waals surface area contributed by atoms with Crippen molar-refractivity contribution in [1.82, 2.24) is 9.80 Å². The predicted molar refractivity (Wildman–Crippen MR) is 70.1 cm³/mol. The Bertz CT molecular complexity index is 263. The van der Waals surface area contributed by atoms with Crippen LogP contribution in [0.4, 0.5) is 0 Å². The van der Waals surface area contributed by atoms with E-state index < -0.39 is 0 Å². The molecule has 2 atom stereocenters. The van der Waals surface area contributed by atoms with Crippen molar-refractivity contribution in [2.45, 2.75) is 45.6 Å². The van der Waals surface area contributed by atoms with Crippen molar-refractivity contribution in [3.05, 3.63) is 0 Å². The molecule has 2 rings (SSSR count). The number of aldehydes is 1. The van der Waals surface area contributed by atoms with Gasteiger partial charge in [0.1, 0.15) is 6.29 Å². The van der Waals surface area contributed by atoms with Gasteiger partial charge < -0.3 is 9.69 Å². The Morgan fingerprint density at radius 2 is 2.00 bits per heavy atom. The van der Waals surface area contributed by atoms with Gasteiger partial charge in [0.2, 0.25) is 0 Å². The molecule has 0 amide bonds. The van der Waals surface area contributed by atoms with Crippen LogP contribution in [0.15, 0.2) is 0 Å². The molecule has 17 heavy (non-hydrogen) atoms. The van der Waals surface area contributed by atoms with Gasteiger partial charge in [-0.15, -0.1) is 0 Å². The Labute approximate surface area is 105 Å². The van der Waals surface area contributed by atoms with E-state index in [-0.39, 0.29) is 5.41 Å². The molecule has 2 unspecified atom stereocenters. The first-order chi connectivity index (χ1) is 8.17. The average molecular weight is 238 g/mol. The molecule has 98 valence electrons. The molecule has 0 aliphatic carbocycles. The van der Waals surface area contributed by atoms with Crippen LogP contribution in [0.3, 0.4) is 0 Å². The van der Waals surface area contributed by atoms with Gasteiger partial charge in [-0.1, -0.05) is 13.8 Å². The molecule has 2 aliphatic rings. The first kappa shape index (κ1) is 13.0. The van der Waals surface area contributed by atoms with Gasteiger partial charge in [0, 0.05) is 24.5 Å². The third-order valence-electron chi connectivity index (χ3n) is 4.58. The Morgan fingerprint density at radius 3 is 2.59 bits per heavy atom. The van der Waals surface area contributed by atoms with Crippen molar-refractivity contribution in [2.75, 3.05) is 32.7 Å². The summed E-state index contributed by atoms with van der Waals surface area (Å²) in [5, 5.41) is 0. The highest BCUT2D eigenvalue weighted by atomic mass is 16.1. The second-order valence-electron chi connectivity index (χ2n) is 6.05. The topological polar surface area (TPSA) is 23.6 Å². The van der Waals surface area contributed by atoms with Crippen molar-refractivity contribution in [3.63, 3.8) is 0 Å². The van der Waals surface area contributed by atoms with Crippen LogP contribution in [0.5, 0.6) is 0 Å². The lowest BCUT2D eigenvalue weighted by Crippen LogP contribution is -2.39. The Kier molecular flexibility index (Phi) is 4.21. The van der Waals surface area contributed by atoms with Crippen LogP contribution in [0.1, 0.15) is 39.5 Å². The highest BCUT2D eigenvalue weighted by Crippen LogP contribution is 2.25. The standard InChI is InChI=1S/C14H26N2O/c1-3-14(2,12-17)11-15-9-6-13(10-15)16-7-4-5-8-16/h12-13H,3-11H2,1-2H3. The summed E-state index contributed by atoms with van der Waals surface area (Å²) in [6.07, 6.45) is 6.13. The molecule has 2 aliphatic heterocycles. The molecule has 0 aromatic rings. The molecule has 3 heteroatoms. The highest BCUT2D eigenvalue weighted by molar-refractivity contribution is 5.58. The molecule has 0 N–H and O–H groups in total. The van der Waals surface area contributed by atoms with Crippen LogP contribution >= 0.6 is 0 Å². The minimum atomic E-state index is -0.139. The molecule has 2 fully saturated rings. The van der Waals surface area contributed by atoms with Crippen LogP contribution < -0.4 is 0 Å². The second kappa shape index (κ2) is 5.49. The first-order valence-corrected chi connectivity index (χ1v) is 7.09. The molecule has 0 saturated carbocycles. The summed E-state index contributed by atoms with van der Waals surface area (Å²) in [6.45, 7) is 10.1. The van der Waals surface area contributed by atoms with Gasteiger partial charge in [0.25, 0.3) is 0 Å². The number of likely N-dealkylation sites (tertiary alicyclic amines) is 2. The van der Waals surface area contributed by atoms with Gasteiger partial charge in [-0.3, -0.25) is 4.90 Å². The van der Waals surface area contributed by atoms with E-state index in [2.05, 4.69) is 23.6 Å². The minimum absolute atomic E-state index is 0.139. The summed E-state index contributed by atoms with van der Waals surface area (Å²) in [5.74, 6) is 0. The summed E-state index contributed by atoms with van der Waals surface area (Å²) >= 11 is 0. The summed E-state index contributed by atoms with van der Waals surface area (Å²) < 4.78 is 0. The van der Waals surface area contributed by atoms with E-state index in [9.17, 15) is 4.79 Å². The number of nitrogens with zero attached hydrogens (tertiary/aromatic N) is 2. The Balaban J connectivity index is 1.83. The van der Waals surface area contributed by atoms with Gasteiger partial charge >= 0.3 is 0 Å². The smallest absolute Gasteiger partial charge is 0.127 e. The first-order valence-electron chi connectivity index (χ1n) is 7.09. The lowest BCUT2D eigenvalue weighted by atomic mass is 9.89. The minimum Gasteiger partial charge on any atom is -0.303 e. The van der Waals surface area contributed by atoms with Crippen LogP contribution in [0.2, 0.25) is 0 Å². The quantitative estimate of drug-likeness (QED) is 0.682. The molecule has 2 saturated heterocycles. The molecule has 0 aromatic heterocycles. The summed E-state index contributed by atoms with van der Waals surface area (Å²) in [4.78, 5) is 16.3. The van der Waals surface area contributed by atoms with Crippen LogP contribution in [0.25, 0.3) is 0 Å². The maximum Gasteiger partial charge on any atom is 0.127 e. The van der Waals surface area contributed by atoms with Crippen LogP contribution in [0, 0.1) is 5.41 Å². The van der Waals surface area contributed by atoms with E-state index in [4.69, 9.17) is 0 Å².